The predicted octanol–water partition coefficient (Wildman–Crippen LogP) is 15.7. The molecular formula is C60H51NO8. The summed E-state index contributed by atoms with van der Waals surface area (Å²) >= 11 is 0. The van der Waals surface area contributed by atoms with Crippen molar-refractivity contribution in [3.8, 4) is 46.0 Å². The Labute approximate surface area is 402 Å². The lowest BCUT2D eigenvalue weighted by molar-refractivity contribution is -0.131. The van der Waals surface area contributed by atoms with Gasteiger partial charge in [0.25, 0.3) is 0 Å². The van der Waals surface area contributed by atoms with Crippen molar-refractivity contribution in [2.75, 3.05) is 12.0 Å². The Balaban J connectivity index is 0.908. The maximum absolute atomic E-state index is 13.2. The summed E-state index contributed by atoms with van der Waals surface area (Å²) in [6, 6.07) is 64.1. The van der Waals surface area contributed by atoms with Gasteiger partial charge in [-0.1, -0.05) is 122 Å². The van der Waals surface area contributed by atoms with Crippen LogP contribution in [-0.2, 0) is 10.2 Å². The van der Waals surface area contributed by atoms with E-state index in [2.05, 4.69) is 53.5 Å². The molecular weight excluding hydrogens is 863 g/mol. The molecule has 8 aromatic carbocycles. The first-order valence-electron chi connectivity index (χ1n) is 23.0. The quantitative estimate of drug-likeness (QED) is 0.0431. The van der Waals surface area contributed by atoms with Gasteiger partial charge in [-0.25, -0.2) is 4.79 Å². The third-order valence-corrected chi connectivity index (χ3v) is 12.1. The molecule has 0 saturated heterocycles. The highest BCUT2D eigenvalue weighted by Crippen LogP contribution is 2.46. The second-order valence-electron chi connectivity index (χ2n) is 16.8. The Morgan fingerprint density at radius 3 is 1.45 bits per heavy atom. The molecule has 1 fully saturated rings. The van der Waals surface area contributed by atoms with E-state index >= 15 is 0 Å². The number of ether oxygens (including phenoxy) is 6. The van der Waals surface area contributed by atoms with Crippen LogP contribution >= 0.6 is 0 Å². The van der Waals surface area contributed by atoms with Crippen molar-refractivity contribution in [1.29, 1.82) is 0 Å². The summed E-state index contributed by atoms with van der Waals surface area (Å²) < 4.78 is 34.7. The zero-order valence-electron chi connectivity index (χ0n) is 38.5. The van der Waals surface area contributed by atoms with Gasteiger partial charge in [-0.3, -0.25) is 4.79 Å². The van der Waals surface area contributed by atoms with Crippen molar-refractivity contribution < 1.29 is 38.0 Å². The molecule has 344 valence electrons. The topological polar surface area (TPSA) is 92.8 Å². The van der Waals surface area contributed by atoms with Crippen molar-refractivity contribution in [3.05, 3.63) is 222 Å². The van der Waals surface area contributed by atoms with Gasteiger partial charge in [-0.05, 0) is 120 Å². The second kappa shape index (κ2) is 21.4. The van der Waals surface area contributed by atoms with E-state index in [1.807, 2.05) is 127 Å². The molecule has 1 aliphatic rings. The van der Waals surface area contributed by atoms with Crippen molar-refractivity contribution in [2.45, 2.75) is 44.4 Å². The van der Waals surface area contributed by atoms with Gasteiger partial charge in [0.15, 0.2) is 0 Å². The van der Waals surface area contributed by atoms with E-state index < -0.39 is 6.16 Å². The fraction of sp³-hybridized carbons (Fsp3) is 0.133. The van der Waals surface area contributed by atoms with Gasteiger partial charge in [0.05, 0.1) is 7.11 Å². The molecule has 8 aromatic rings. The molecule has 0 radical (unpaired) electrons. The highest BCUT2D eigenvalue weighted by molar-refractivity contribution is 5.79. The van der Waals surface area contributed by atoms with Crippen LogP contribution in [0.4, 0.5) is 21.9 Å². The Morgan fingerprint density at radius 1 is 0.435 bits per heavy atom. The van der Waals surface area contributed by atoms with Gasteiger partial charge in [0, 0.05) is 53.7 Å². The summed E-state index contributed by atoms with van der Waals surface area (Å²) in [6.07, 6.45) is 8.68. The smallest absolute Gasteiger partial charge is 0.497 e. The number of esters is 1. The molecule has 0 N–H and O–H groups in total. The van der Waals surface area contributed by atoms with Crippen LogP contribution in [0, 0.1) is 0 Å². The van der Waals surface area contributed by atoms with Gasteiger partial charge in [-0.2, -0.15) is 0 Å². The average molecular weight is 914 g/mol. The second-order valence-corrected chi connectivity index (χ2v) is 16.8. The number of methoxy groups -OCH3 is 1. The maximum atomic E-state index is 13.2. The highest BCUT2D eigenvalue weighted by atomic mass is 16.7. The van der Waals surface area contributed by atoms with Crippen LogP contribution in [0.3, 0.4) is 0 Å². The molecule has 0 spiro atoms. The molecule has 9 nitrogen and oxygen atoms in total. The Morgan fingerprint density at radius 2 is 0.899 bits per heavy atom. The van der Waals surface area contributed by atoms with Crippen LogP contribution in [-0.4, -0.2) is 19.2 Å². The third kappa shape index (κ3) is 11.5. The molecule has 1 aliphatic carbocycles. The fourth-order valence-electron chi connectivity index (χ4n) is 8.81. The third-order valence-electron chi connectivity index (χ3n) is 12.1. The molecule has 0 aromatic heterocycles. The van der Waals surface area contributed by atoms with Crippen LogP contribution in [0.2, 0.25) is 0 Å². The van der Waals surface area contributed by atoms with E-state index in [1.165, 1.54) is 13.3 Å². The molecule has 1 saturated carbocycles. The number of anilines is 3. The van der Waals surface area contributed by atoms with Crippen molar-refractivity contribution in [1.82, 2.24) is 0 Å². The first-order chi connectivity index (χ1) is 33.8. The molecule has 0 bridgehead atoms. The van der Waals surface area contributed by atoms with Crippen LogP contribution in [0.15, 0.2) is 200 Å². The van der Waals surface area contributed by atoms with Crippen LogP contribution in [0.1, 0.15) is 61.3 Å². The summed E-state index contributed by atoms with van der Waals surface area (Å²) in [6.45, 7) is 1.40. The molecule has 0 aliphatic heterocycles. The molecule has 0 atom stereocenters. The largest absolute Gasteiger partial charge is 0.519 e. The summed E-state index contributed by atoms with van der Waals surface area (Å²) in [5, 5.41) is 0. The molecule has 0 unspecified atom stereocenters. The summed E-state index contributed by atoms with van der Waals surface area (Å²) in [5.41, 5.74) is 6.91. The lowest BCUT2D eigenvalue weighted by Crippen LogP contribution is -2.30. The van der Waals surface area contributed by atoms with Gasteiger partial charge >= 0.3 is 12.1 Å². The lowest BCUT2D eigenvalue weighted by Gasteiger charge is -2.38. The summed E-state index contributed by atoms with van der Waals surface area (Å²) in [4.78, 5) is 26.8. The molecule has 9 rings (SSSR count). The summed E-state index contributed by atoms with van der Waals surface area (Å²) in [5.74, 6) is 3.85. The monoisotopic (exact) mass is 913 g/mol. The number of benzene rings is 8. The Hall–Kier alpha value is -8.56. The average Bonchev–Trinajstić information content (AvgIpc) is 3.37. The first kappa shape index (κ1) is 45.6. The van der Waals surface area contributed by atoms with E-state index in [9.17, 15) is 9.59 Å². The van der Waals surface area contributed by atoms with E-state index in [0.29, 0.717) is 40.2 Å². The number of carbonyl (C=O) groups excluding carboxylic acids is 2. The Kier molecular flexibility index (Phi) is 14.1. The van der Waals surface area contributed by atoms with Gasteiger partial charge in [0.1, 0.15) is 46.0 Å². The highest BCUT2D eigenvalue weighted by Gasteiger charge is 2.36. The zero-order chi connectivity index (χ0) is 47.4. The Bertz CT molecular complexity index is 3030. The number of carbonyl (C=O) groups is 2. The standard InChI is InChI=1S/C60H51NO8/c1-43(62)65-51-33-27-46(28-34-51)60(37-7-4-8-38-60)47-29-35-52(36-30-47)68-59(63)69-58-22-12-21-57(42-58)67-55-19-10-16-50(40-55)61(48-31-25-45(26-32-48)24-23-44-13-5-3-6-14-44)49-15-9-18-54(39-49)66-56-20-11-17-53(41-56)64-2/h3,5-6,9-36,39-42H,4,7-8,37-38H2,1-2H3. The maximum Gasteiger partial charge on any atom is 0.519 e. The van der Waals surface area contributed by atoms with Crippen LogP contribution in [0.5, 0.6) is 46.0 Å². The fourth-order valence-corrected chi connectivity index (χ4v) is 8.81. The predicted molar refractivity (Wildman–Crippen MR) is 271 cm³/mol. The first-order valence-corrected chi connectivity index (χ1v) is 23.0. The molecule has 69 heavy (non-hydrogen) atoms. The van der Waals surface area contributed by atoms with E-state index in [-0.39, 0.29) is 17.1 Å². The van der Waals surface area contributed by atoms with E-state index in [1.54, 1.807) is 43.5 Å². The van der Waals surface area contributed by atoms with Crippen LogP contribution in [0.25, 0.3) is 12.2 Å². The lowest BCUT2D eigenvalue weighted by atomic mass is 9.65. The van der Waals surface area contributed by atoms with E-state index in [4.69, 9.17) is 28.4 Å². The number of hydrogen-bond acceptors (Lipinski definition) is 9. The number of rotatable bonds is 15. The van der Waals surface area contributed by atoms with Crippen LogP contribution < -0.4 is 33.3 Å². The van der Waals surface area contributed by atoms with E-state index in [0.717, 1.165) is 65.0 Å². The minimum atomic E-state index is -0.870. The molecule has 0 heterocycles. The molecule has 9 heteroatoms. The minimum Gasteiger partial charge on any atom is -0.497 e. The normalized spacial score (nSPS) is 13.0. The summed E-state index contributed by atoms with van der Waals surface area (Å²) in [7, 11) is 1.63. The van der Waals surface area contributed by atoms with Crippen molar-refractivity contribution >= 4 is 41.3 Å². The number of hydrogen-bond donors (Lipinski definition) is 0. The van der Waals surface area contributed by atoms with Gasteiger partial charge < -0.3 is 33.3 Å². The zero-order valence-corrected chi connectivity index (χ0v) is 38.5. The number of nitrogens with zero attached hydrogens (tertiary/aromatic N) is 1. The van der Waals surface area contributed by atoms with Gasteiger partial charge in [-0.15, -0.1) is 0 Å². The van der Waals surface area contributed by atoms with Gasteiger partial charge in [0.2, 0.25) is 0 Å². The minimum absolute atomic E-state index is 0.200. The SMILES string of the molecule is COc1cccc(Oc2cccc(N(c3ccc(C=Cc4ccccc4)cc3)c3cccc(Oc4cccc(OC(=O)Oc5ccc(C6(c7ccc(OC(C)=O)cc7)CCCCC6)cc5)c4)c3)c2)c1. The van der Waals surface area contributed by atoms with Crippen molar-refractivity contribution in [2.24, 2.45) is 0 Å². The molecule has 0 amide bonds. The van der Waals surface area contributed by atoms with Crippen molar-refractivity contribution in [3.63, 3.8) is 0 Å².